The molecule has 6 heteroatoms. The Balaban J connectivity index is 2.42. The zero-order valence-corrected chi connectivity index (χ0v) is 11.5. The van der Waals surface area contributed by atoms with Gasteiger partial charge in [0.1, 0.15) is 5.82 Å². The highest BCUT2D eigenvalue weighted by atomic mass is 19.4. The highest BCUT2D eigenvalue weighted by molar-refractivity contribution is 5.77. The molecular weight excluding hydrogens is 267 g/mol. The molecule has 1 aromatic heterocycles. The van der Waals surface area contributed by atoms with Crippen molar-refractivity contribution >= 4 is 11.0 Å². The van der Waals surface area contributed by atoms with E-state index in [1.165, 1.54) is 6.07 Å². The number of hydrogen-bond donors (Lipinski definition) is 1. The van der Waals surface area contributed by atoms with Gasteiger partial charge in [-0.05, 0) is 30.7 Å². The number of benzene rings is 1. The van der Waals surface area contributed by atoms with Gasteiger partial charge in [-0.2, -0.15) is 13.2 Å². The fourth-order valence-electron chi connectivity index (χ4n) is 2.26. The van der Waals surface area contributed by atoms with Crippen LogP contribution in [-0.4, -0.2) is 16.1 Å². The molecule has 2 N–H and O–H groups in total. The third-order valence-electron chi connectivity index (χ3n) is 3.68. The van der Waals surface area contributed by atoms with Gasteiger partial charge in [-0.1, -0.05) is 13.3 Å². The second kappa shape index (κ2) is 5.44. The maximum absolute atomic E-state index is 12.7. The normalized spacial score (nSPS) is 13.9. The van der Waals surface area contributed by atoms with Crippen molar-refractivity contribution in [2.24, 2.45) is 18.7 Å². The molecule has 0 bridgehead atoms. The zero-order valence-electron chi connectivity index (χ0n) is 11.5. The van der Waals surface area contributed by atoms with Gasteiger partial charge in [-0.15, -0.1) is 0 Å². The molecule has 1 unspecified atom stereocenters. The maximum atomic E-state index is 12.7. The molecule has 0 fully saturated rings. The number of imidazole rings is 1. The minimum absolute atomic E-state index is 0.299. The van der Waals surface area contributed by atoms with Crippen molar-refractivity contribution in [3.05, 3.63) is 29.6 Å². The molecule has 0 saturated heterocycles. The van der Waals surface area contributed by atoms with Crippen LogP contribution in [0.1, 0.15) is 24.7 Å². The highest BCUT2D eigenvalue weighted by Crippen LogP contribution is 2.31. The highest BCUT2D eigenvalue weighted by Gasteiger charge is 2.31. The van der Waals surface area contributed by atoms with Crippen LogP contribution in [0.3, 0.4) is 0 Å². The number of nitrogens with two attached hydrogens (primary N) is 1. The van der Waals surface area contributed by atoms with E-state index in [9.17, 15) is 13.2 Å². The molecule has 1 atom stereocenters. The lowest BCUT2D eigenvalue weighted by Crippen LogP contribution is -2.17. The summed E-state index contributed by atoms with van der Waals surface area (Å²) in [5, 5.41) is 0. The van der Waals surface area contributed by atoms with E-state index in [-0.39, 0.29) is 0 Å². The number of aryl methyl sites for hydroxylation is 1. The lowest BCUT2D eigenvalue weighted by Gasteiger charge is -2.11. The van der Waals surface area contributed by atoms with Crippen LogP contribution in [0.4, 0.5) is 13.2 Å². The molecule has 0 saturated carbocycles. The van der Waals surface area contributed by atoms with Gasteiger partial charge in [-0.25, -0.2) is 4.98 Å². The minimum atomic E-state index is -4.34. The smallest absolute Gasteiger partial charge is 0.331 e. The molecule has 1 aromatic carbocycles. The Kier molecular flexibility index (Phi) is 4.04. The lowest BCUT2D eigenvalue weighted by atomic mass is 10.0. The van der Waals surface area contributed by atoms with Crippen molar-refractivity contribution in [3.8, 4) is 0 Å². The first kappa shape index (κ1) is 14.8. The Morgan fingerprint density at radius 3 is 2.60 bits per heavy atom. The first-order valence-corrected chi connectivity index (χ1v) is 6.59. The van der Waals surface area contributed by atoms with Gasteiger partial charge < -0.3 is 10.3 Å². The molecule has 110 valence electrons. The number of halogens is 3. The summed E-state index contributed by atoms with van der Waals surface area (Å²) in [6.45, 7) is 2.59. The summed E-state index contributed by atoms with van der Waals surface area (Å²) in [7, 11) is 1.82. The monoisotopic (exact) mass is 285 g/mol. The summed E-state index contributed by atoms with van der Waals surface area (Å²) >= 11 is 0. The van der Waals surface area contributed by atoms with Gasteiger partial charge in [0.2, 0.25) is 0 Å². The van der Waals surface area contributed by atoms with Gasteiger partial charge >= 0.3 is 6.18 Å². The van der Waals surface area contributed by atoms with E-state index < -0.39 is 11.7 Å². The summed E-state index contributed by atoms with van der Waals surface area (Å²) in [5.41, 5.74) is 6.09. The van der Waals surface area contributed by atoms with E-state index in [4.69, 9.17) is 5.73 Å². The van der Waals surface area contributed by atoms with Crippen molar-refractivity contribution in [2.45, 2.75) is 25.9 Å². The predicted octanol–water partition coefficient (Wildman–Crippen LogP) is 3.12. The lowest BCUT2D eigenvalue weighted by molar-refractivity contribution is -0.137. The largest absolute Gasteiger partial charge is 0.416 e. The van der Waals surface area contributed by atoms with Crippen LogP contribution in [0.2, 0.25) is 0 Å². The van der Waals surface area contributed by atoms with E-state index in [2.05, 4.69) is 4.98 Å². The van der Waals surface area contributed by atoms with Gasteiger partial charge in [0.15, 0.2) is 0 Å². The molecule has 0 spiro atoms. The number of hydrogen-bond acceptors (Lipinski definition) is 2. The van der Waals surface area contributed by atoms with Crippen molar-refractivity contribution in [3.63, 3.8) is 0 Å². The summed E-state index contributed by atoms with van der Waals surface area (Å²) < 4.78 is 39.9. The number of nitrogens with zero attached hydrogens (tertiary/aromatic N) is 2. The van der Waals surface area contributed by atoms with Gasteiger partial charge in [0, 0.05) is 13.5 Å². The Morgan fingerprint density at radius 2 is 2.05 bits per heavy atom. The van der Waals surface area contributed by atoms with Crippen LogP contribution < -0.4 is 5.73 Å². The van der Waals surface area contributed by atoms with Crippen molar-refractivity contribution in [1.29, 1.82) is 0 Å². The predicted molar refractivity (Wildman–Crippen MR) is 72.3 cm³/mol. The van der Waals surface area contributed by atoms with Crippen LogP contribution in [-0.2, 0) is 19.6 Å². The Morgan fingerprint density at radius 1 is 1.35 bits per heavy atom. The van der Waals surface area contributed by atoms with Crippen LogP contribution in [0.5, 0.6) is 0 Å². The number of rotatable bonds is 4. The fraction of sp³-hybridized carbons (Fsp3) is 0.500. The standard InChI is InChI=1S/C14H18F3N3/c1-3-9(8-18)6-13-19-11-7-10(14(15,16)17)4-5-12(11)20(13)2/h4-5,7,9H,3,6,8,18H2,1-2H3. The molecule has 0 amide bonds. The van der Waals surface area contributed by atoms with Crippen LogP contribution in [0.25, 0.3) is 11.0 Å². The second-order valence-corrected chi connectivity index (χ2v) is 5.00. The molecule has 3 nitrogen and oxygen atoms in total. The van der Waals surface area contributed by atoms with Crippen LogP contribution in [0, 0.1) is 5.92 Å². The minimum Gasteiger partial charge on any atom is -0.331 e. The number of aromatic nitrogens is 2. The first-order valence-electron chi connectivity index (χ1n) is 6.59. The summed E-state index contributed by atoms with van der Waals surface area (Å²) in [6, 6.07) is 3.66. The van der Waals surface area contributed by atoms with E-state index in [0.29, 0.717) is 29.9 Å². The van der Waals surface area contributed by atoms with Crippen molar-refractivity contribution < 1.29 is 13.2 Å². The fourth-order valence-corrected chi connectivity index (χ4v) is 2.26. The zero-order chi connectivity index (χ0) is 14.9. The molecule has 0 aliphatic carbocycles. The molecule has 0 radical (unpaired) electrons. The third-order valence-corrected chi connectivity index (χ3v) is 3.68. The van der Waals surface area contributed by atoms with E-state index >= 15 is 0 Å². The Bertz CT molecular complexity index is 597. The number of alkyl halides is 3. The summed E-state index contributed by atoms with van der Waals surface area (Å²) in [5.74, 6) is 1.07. The van der Waals surface area contributed by atoms with E-state index in [0.717, 1.165) is 24.4 Å². The van der Waals surface area contributed by atoms with Gasteiger partial charge in [0.05, 0.1) is 16.6 Å². The van der Waals surface area contributed by atoms with Crippen LogP contribution in [0.15, 0.2) is 18.2 Å². The maximum Gasteiger partial charge on any atom is 0.416 e. The Hall–Kier alpha value is -1.56. The SMILES string of the molecule is CCC(CN)Cc1nc2cc(C(F)(F)F)ccc2n1C. The molecular formula is C14H18F3N3. The quantitative estimate of drug-likeness (QED) is 0.938. The van der Waals surface area contributed by atoms with Gasteiger partial charge in [-0.3, -0.25) is 0 Å². The summed E-state index contributed by atoms with van der Waals surface area (Å²) in [4.78, 5) is 4.33. The molecule has 2 aromatic rings. The first-order chi connectivity index (χ1) is 9.36. The molecule has 1 heterocycles. The third kappa shape index (κ3) is 2.80. The molecule has 20 heavy (non-hydrogen) atoms. The van der Waals surface area contributed by atoms with E-state index in [1.807, 2.05) is 18.5 Å². The average Bonchev–Trinajstić information content (AvgIpc) is 2.71. The van der Waals surface area contributed by atoms with Gasteiger partial charge in [0.25, 0.3) is 0 Å². The topological polar surface area (TPSA) is 43.8 Å². The van der Waals surface area contributed by atoms with Crippen molar-refractivity contribution in [2.75, 3.05) is 6.54 Å². The van der Waals surface area contributed by atoms with Crippen molar-refractivity contribution in [1.82, 2.24) is 9.55 Å². The second-order valence-electron chi connectivity index (χ2n) is 5.00. The Labute approximate surface area is 115 Å². The molecule has 0 aliphatic heterocycles. The van der Waals surface area contributed by atoms with E-state index in [1.54, 1.807) is 0 Å². The summed E-state index contributed by atoms with van der Waals surface area (Å²) in [6.07, 6.45) is -2.73. The number of fused-ring (bicyclic) bond motifs is 1. The molecule has 0 aliphatic rings. The molecule has 2 rings (SSSR count). The van der Waals surface area contributed by atoms with Crippen LogP contribution >= 0.6 is 0 Å². The average molecular weight is 285 g/mol.